The van der Waals surface area contributed by atoms with Crippen LogP contribution in [0.2, 0.25) is 5.02 Å². The van der Waals surface area contributed by atoms with Crippen LogP contribution in [-0.2, 0) is 4.74 Å². The van der Waals surface area contributed by atoms with Crippen molar-refractivity contribution in [2.75, 3.05) is 25.6 Å². The van der Waals surface area contributed by atoms with E-state index in [0.717, 1.165) is 11.5 Å². The third-order valence-corrected chi connectivity index (χ3v) is 4.21. The summed E-state index contributed by atoms with van der Waals surface area (Å²) in [6, 6.07) is 12.3. The SMILES string of the molecule is CCOC(=O)c1cc(NC(=S)N[C@@H](C)COc2ccc(OC)cc2)ccc1Cl. The zero-order chi connectivity index (χ0) is 20.5. The summed E-state index contributed by atoms with van der Waals surface area (Å²) in [4.78, 5) is 11.9. The number of halogens is 1. The lowest BCUT2D eigenvalue weighted by Crippen LogP contribution is -2.39. The van der Waals surface area contributed by atoms with Crippen LogP contribution in [0.3, 0.4) is 0 Å². The van der Waals surface area contributed by atoms with Gasteiger partial charge in [0.25, 0.3) is 0 Å². The highest BCUT2D eigenvalue weighted by molar-refractivity contribution is 7.80. The zero-order valence-electron chi connectivity index (χ0n) is 16.0. The van der Waals surface area contributed by atoms with E-state index in [1.807, 2.05) is 31.2 Å². The van der Waals surface area contributed by atoms with Gasteiger partial charge in [-0.3, -0.25) is 0 Å². The summed E-state index contributed by atoms with van der Waals surface area (Å²) in [5, 5.41) is 6.89. The molecule has 8 heteroatoms. The average Bonchev–Trinajstić information content (AvgIpc) is 2.68. The molecule has 0 aliphatic rings. The Balaban J connectivity index is 1.87. The van der Waals surface area contributed by atoms with Gasteiger partial charge in [0.2, 0.25) is 0 Å². The molecule has 0 unspecified atom stereocenters. The first-order valence-corrected chi connectivity index (χ1v) is 9.52. The Morgan fingerprint density at radius 2 is 1.86 bits per heavy atom. The van der Waals surface area contributed by atoms with E-state index in [4.69, 9.17) is 38.0 Å². The van der Waals surface area contributed by atoms with Gasteiger partial charge in [-0.1, -0.05) is 11.6 Å². The number of esters is 1. The maximum absolute atomic E-state index is 11.9. The number of ether oxygens (including phenoxy) is 3. The molecule has 2 aromatic rings. The fourth-order valence-electron chi connectivity index (χ4n) is 2.29. The Morgan fingerprint density at radius 1 is 1.18 bits per heavy atom. The molecule has 0 spiro atoms. The van der Waals surface area contributed by atoms with Crippen LogP contribution in [0.5, 0.6) is 11.5 Å². The van der Waals surface area contributed by atoms with Gasteiger partial charge in [0.15, 0.2) is 5.11 Å². The molecular formula is C20H23ClN2O4S. The number of thiocarbonyl (C=S) groups is 1. The lowest BCUT2D eigenvalue weighted by molar-refractivity contribution is 0.0526. The number of rotatable bonds is 8. The molecule has 0 saturated carbocycles. The van der Waals surface area contributed by atoms with Crippen LogP contribution in [0.1, 0.15) is 24.2 Å². The zero-order valence-corrected chi connectivity index (χ0v) is 17.5. The normalized spacial score (nSPS) is 11.3. The van der Waals surface area contributed by atoms with E-state index < -0.39 is 5.97 Å². The Labute approximate surface area is 175 Å². The second kappa shape index (κ2) is 10.7. The van der Waals surface area contributed by atoms with Gasteiger partial charge in [-0.05, 0) is 68.5 Å². The van der Waals surface area contributed by atoms with Crippen molar-refractivity contribution < 1.29 is 19.0 Å². The molecule has 2 aromatic carbocycles. The van der Waals surface area contributed by atoms with Crippen LogP contribution in [0.15, 0.2) is 42.5 Å². The maximum atomic E-state index is 11.9. The summed E-state index contributed by atoms with van der Waals surface area (Å²) >= 11 is 11.4. The number of hydrogen-bond donors (Lipinski definition) is 2. The second-order valence-electron chi connectivity index (χ2n) is 5.90. The minimum Gasteiger partial charge on any atom is -0.497 e. The van der Waals surface area contributed by atoms with Gasteiger partial charge in [-0.25, -0.2) is 4.79 Å². The largest absolute Gasteiger partial charge is 0.497 e. The summed E-state index contributed by atoms with van der Waals surface area (Å²) in [5.41, 5.74) is 0.917. The third kappa shape index (κ3) is 6.58. The van der Waals surface area contributed by atoms with Crippen molar-refractivity contribution in [3.8, 4) is 11.5 Å². The molecule has 0 bridgehead atoms. The fourth-order valence-corrected chi connectivity index (χ4v) is 2.81. The first-order chi connectivity index (χ1) is 13.4. The number of benzene rings is 2. The molecule has 0 radical (unpaired) electrons. The first kappa shape index (κ1) is 21.8. The number of carbonyl (C=O) groups is 1. The molecular weight excluding hydrogens is 400 g/mol. The predicted molar refractivity (Wildman–Crippen MR) is 115 cm³/mol. The van der Waals surface area contributed by atoms with Gasteiger partial charge in [0.1, 0.15) is 18.1 Å². The predicted octanol–water partition coefficient (Wildman–Crippen LogP) is 4.28. The van der Waals surface area contributed by atoms with E-state index in [1.54, 1.807) is 32.2 Å². The maximum Gasteiger partial charge on any atom is 0.339 e. The molecule has 2 N–H and O–H groups in total. The summed E-state index contributed by atoms with van der Waals surface area (Å²) in [6.45, 7) is 4.38. The number of nitrogens with one attached hydrogen (secondary N) is 2. The topological polar surface area (TPSA) is 68.8 Å². The summed E-state index contributed by atoms with van der Waals surface area (Å²) < 4.78 is 15.8. The Bertz CT molecular complexity index is 814. The van der Waals surface area contributed by atoms with Crippen molar-refractivity contribution in [2.24, 2.45) is 0 Å². The smallest absolute Gasteiger partial charge is 0.339 e. The number of anilines is 1. The molecule has 2 rings (SSSR count). The molecule has 0 aromatic heterocycles. The minimum absolute atomic E-state index is 0.0427. The van der Waals surface area contributed by atoms with Crippen LogP contribution in [0, 0.1) is 0 Å². The Morgan fingerprint density at radius 3 is 2.50 bits per heavy atom. The van der Waals surface area contributed by atoms with Crippen molar-refractivity contribution in [3.05, 3.63) is 53.1 Å². The quantitative estimate of drug-likeness (QED) is 0.486. The average molecular weight is 423 g/mol. The third-order valence-electron chi connectivity index (χ3n) is 3.66. The molecule has 150 valence electrons. The highest BCUT2D eigenvalue weighted by Gasteiger charge is 2.13. The highest BCUT2D eigenvalue weighted by Crippen LogP contribution is 2.21. The standard InChI is InChI=1S/C20H23ClN2O4S/c1-4-26-19(24)17-11-14(5-10-18(17)21)23-20(28)22-13(2)12-27-16-8-6-15(25-3)7-9-16/h5-11,13H,4,12H2,1-3H3,(H2,22,23,28)/t13-/m0/s1. The van der Waals surface area contributed by atoms with Gasteiger partial charge in [-0.15, -0.1) is 0 Å². The molecule has 0 aliphatic heterocycles. The van der Waals surface area contributed by atoms with Gasteiger partial charge >= 0.3 is 5.97 Å². The van der Waals surface area contributed by atoms with Crippen LogP contribution in [0.25, 0.3) is 0 Å². The van der Waals surface area contributed by atoms with Crippen molar-refractivity contribution >= 4 is 40.6 Å². The molecule has 1 atom stereocenters. The molecule has 0 heterocycles. The molecule has 6 nitrogen and oxygen atoms in total. The van der Waals surface area contributed by atoms with Crippen molar-refractivity contribution in [1.82, 2.24) is 5.32 Å². The van der Waals surface area contributed by atoms with Gasteiger partial charge < -0.3 is 24.8 Å². The minimum atomic E-state index is -0.476. The number of methoxy groups -OCH3 is 1. The Hall–Kier alpha value is -2.51. The van der Waals surface area contributed by atoms with Crippen LogP contribution >= 0.6 is 23.8 Å². The van der Waals surface area contributed by atoms with E-state index in [-0.39, 0.29) is 18.2 Å². The first-order valence-electron chi connectivity index (χ1n) is 8.74. The van der Waals surface area contributed by atoms with Crippen molar-refractivity contribution in [2.45, 2.75) is 19.9 Å². The van der Waals surface area contributed by atoms with Crippen LogP contribution in [-0.4, -0.2) is 37.4 Å². The van der Waals surface area contributed by atoms with Crippen LogP contribution < -0.4 is 20.1 Å². The van der Waals surface area contributed by atoms with Gasteiger partial charge in [0, 0.05) is 5.69 Å². The van der Waals surface area contributed by atoms with Gasteiger partial charge in [-0.2, -0.15) is 0 Å². The van der Waals surface area contributed by atoms with E-state index in [1.165, 1.54) is 0 Å². The van der Waals surface area contributed by atoms with Crippen molar-refractivity contribution in [3.63, 3.8) is 0 Å². The van der Waals surface area contributed by atoms with E-state index in [2.05, 4.69) is 10.6 Å². The molecule has 28 heavy (non-hydrogen) atoms. The fraction of sp³-hybridized carbons (Fsp3) is 0.300. The lowest BCUT2D eigenvalue weighted by atomic mass is 10.2. The molecule has 0 amide bonds. The highest BCUT2D eigenvalue weighted by atomic mass is 35.5. The molecule has 0 aliphatic carbocycles. The van der Waals surface area contributed by atoms with Crippen molar-refractivity contribution in [1.29, 1.82) is 0 Å². The Kier molecular flexibility index (Phi) is 8.35. The summed E-state index contributed by atoms with van der Waals surface area (Å²) in [6.07, 6.45) is 0. The second-order valence-corrected chi connectivity index (χ2v) is 6.72. The molecule has 0 fully saturated rings. The molecule has 0 saturated heterocycles. The number of carbonyl (C=O) groups excluding carboxylic acids is 1. The van der Waals surface area contributed by atoms with Gasteiger partial charge in [0.05, 0.1) is 30.3 Å². The summed E-state index contributed by atoms with van der Waals surface area (Å²) in [5.74, 6) is 1.04. The van der Waals surface area contributed by atoms with E-state index >= 15 is 0 Å². The lowest BCUT2D eigenvalue weighted by Gasteiger charge is -2.18. The summed E-state index contributed by atoms with van der Waals surface area (Å²) in [7, 11) is 1.62. The van der Waals surface area contributed by atoms with E-state index in [9.17, 15) is 4.79 Å². The monoisotopic (exact) mass is 422 g/mol. The number of hydrogen-bond acceptors (Lipinski definition) is 5. The van der Waals surface area contributed by atoms with E-state index in [0.29, 0.717) is 22.4 Å². The van der Waals surface area contributed by atoms with Crippen LogP contribution in [0.4, 0.5) is 5.69 Å².